The van der Waals surface area contributed by atoms with Crippen LogP contribution in [-0.4, -0.2) is 46.7 Å². The number of ether oxygens (including phenoxy) is 2. The van der Waals surface area contributed by atoms with Gasteiger partial charge in [0.1, 0.15) is 6.61 Å². The number of sulfone groups is 1. The van der Waals surface area contributed by atoms with Crippen LogP contribution in [0.4, 0.5) is 0 Å². The van der Waals surface area contributed by atoms with Crippen LogP contribution in [0.2, 0.25) is 0 Å². The van der Waals surface area contributed by atoms with Gasteiger partial charge in [-0.2, -0.15) is 0 Å². The van der Waals surface area contributed by atoms with Gasteiger partial charge in [-0.1, -0.05) is 12.1 Å². The van der Waals surface area contributed by atoms with Crippen molar-refractivity contribution in [2.24, 2.45) is 5.92 Å². The first-order chi connectivity index (χ1) is 9.11. The normalized spacial score (nSPS) is 15.8. The van der Waals surface area contributed by atoms with E-state index in [1.165, 1.54) is 0 Å². The summed E-state index contributed by atoms with van der Waals surface area (Å²) in [6, 6.07) is 7.21. The smallest absolute Gasteiger partial charge is 0.161 e. The molecule has 1 N–H and O–H groups in total. The van der Waals surface area contributed by atoms with Gasteiger partial charge in [-0.3, -0.25) is 0 Å². The van der Waals surface area contributed by atoms with Crippen LogP contribution in [0.3, 0.4) is 0 Å². The number of methoxy groups -OCH3 is 1. The van der Waals surface area contributed by atoms with Crippen molar-refractivity contribution in [2.45, 2.75) is 0 Å². The minimum absolute atomic E-state index is 0.0432. The van der Waals surface area contributed by atoms with Crippen LogP contribution in [-0.2, 0) is 9.84 Å². The molecule has 0 spiro atoms. The summed E-state index contributed by atoms with van der Waals surface area (Å²) in [5, 5.41) is 3.07. The Kier molecular flexibility index (Phi) is 4.66. The van der Waals surface area contributed by atoms with E-state index in [0.29, 0.717) is 11.5 Å². The van der Waals surface area contributed by atoms with Gasteiger partial charge in [-0.05, 0) is 18.1 Å². The zero-order chi connectivity index (χ0) is 13.7. The van der Waals surface area contributed by atoms with E-state index < -0.39 is 9.84 Å². The van der Waals surface area contributed by atoms with Crippen molar-refractivity contribution in [3.8, 4) is 11.5 Å². The van der Waals surface area contributed by atoms with Crippen molar-refractivity contribution in [2.75, 3.05) is 38.3 Å². The van der Waals surface area contributed by atoms with E-state index in [1.54, 1.807) is 19.2 Å². The molecule has 1 heterocycles. The first-order valence-electron chi connectivity index (χ1n) is 6.28. The summed E-state index contributed by atoms with van der Waals surface area (Å²) in [5.41, 5.74) is 0. The lowest BCUT2D eigenvalue weighted by Gasteiger charge is -2.26. The van der Waals surface area contributed by atoms with Gasteiger partial charge in [0.15, 0.2) is 21.3 Å². The number of para-hydroxylation sites is 2. The van der Waals surface area contributed by atoms with Crippen LogP contribution >= 0.6 is 0 Å². The lowest BCUT2D eigenvalue weighted by molar-refractivity contribution is 0.311. The standard InChI is InChI=1S/C13H19NO4S/c1-17-12-4-2-3-5-13(12)18-6-7-19(15,16)10-11-8-14-9-11/h2-5,11,14H,6-10H2,1H3. The van der Waals surface area contributed by atoms with E-state index in [0.717, 1.165) is 13.1 Å². The van der Waals surface area contributed by atoms with E-state index in [-0.39, 0.29) is 24.0 Å². The molecule has 1 aromatic carbocycles. The average molecular weight is 285 g/mol. The van der Waals surface area contributed by atoms with Crippen molar-refractivity contribution in [3.63, 3.8) is 0 Å². The molecule has 1 fully saturated rings. The maximum atomic E-state index is 11.8. The lowest BCUT2D eigenvalue weighted by Crippen LogP contribution is -2.46. The highest BCUT2D eigenvalue weighted by atomic mass is 32.2. The molecule has 1 saturated heterocycles. The SMILES string of the molecule is COc1ccccc1OCCS(=O)(=O)CC1CNC1. The van der Waals surface area contributed by atoms with Gasteiger partial charge in [0.2, 0.25) is 0 Å². The van der Waals surface area contributed by atoms with Crippen molar-refractivity contribution < 1.29 is 17.9 Å². The number of benzene rings is 1. The Morgan fingerprint density at radius 2 is 1.95 bits per heavy atom. The third kappa shape index (κ3) is 4.11. The summed E-state index contributed by atoms with van der Waals surface area (Å²) in [5.74, 6) is 1.74. The van der Waals surface area contributed by atoms with Crippen molar-refractivity contribution in [1.82, 2.24) is 5.32 Å². The van der Waals surface area contributed by atoms with E-state index in [9.17, 15) is 8.42 Å². The quantitative estimate of drug-likeness (QED) is 0.799. The van der Waals surface area contributed by atoms with Crippen LogP contribution in [0.15, 0.2) is 24.3 Å². The molecule has 19 heavy (non-hydrogen) atoms. The monoisotopic (exact) mass is 285 g/mol. The molecule has 0 aliphatic carbocycles. The molecule has 0 amide bonds. The fourth-order valence-electron chi connectivity index (χ4n) is 1.93. The maximum Gasteiger partial charge on any atom is 0.161 e. The third-order valence-electron chi connectivity index (χ3n) is 3.08. The van der Waals surface area contributed by atoms with Gasteiger partial charge >= 0.3 is 0 Å². The second-order valence-electron chi connectivity index (χ2n) is 4.64. The third-order valence-corrected chi connectivity index (χ3v) is 4.84. The highest BCUT2D eigenvalue weighted by molar-refractivity contribution is 7.91. The van der Waals surface area contributed by atoms with Gasteiger partial charge in [0.25, 0.3) is 0 Å². The lowest BCUT2D eigenvalue weighted by atomic mass is 10.1. The number of hydrogen-bond donors (Lipinski definition) is 1. The van der Waals surface area contributed by atoms with Gasteiger partial charge in [0.05, 0.1) is 18.6 Å². The maximum absolute atomic E-state index is 11.8. The Hall–Kier alpha value is -1.27. The van der Waals surface area contributed by atoms with E-state index in [4.69, 9.17) is 9.47 Å². The van der Waals surface area contributed by atoms with Crippen LogP contribution in [0.1, 0.15) is 0 Å². The van der Waals surface area contributed by atoms with Gasteiger partial charge in [-0.15, -0.1) is 0 Å². The summed E-state index contributed by atoms with van der Waals surface area (Å²) in [7, 11) is -1.48. The van der Waals surface area contributed by atoms with Crippen molar-refractivity contribution in [1.29, 1.82) is 0 Å². The molecule has 0 atom stereocenters. The fraction of sp³-hybridized carbons (Fsp3) is 0.538. The molecule has 1 aliphatic rings. The molecule has 6 heteroatoms. The summed E-state index contributed by atoms with van der Waals surface area (Å²) in [6.07, 6.45) is 0. The minimum atomic E-state index is -3.04. The Morgan fingerprint density at radius 3 is 2.53 bits per heavy atom. The summed E-state index contributed by atoms with van der Waals surface area (Å²) < 4.78 is 34.3. The second-order valence-corrected chi connectivity index (χ2v) is 6.87. The highest BCUT2D eigenvalue weighted by Crippen LogP contribution is 2.25. The average Bonchev–Trinajstić information content (AvgIpc) is 2.34. The molecule has 0 radical (unpaired) electrons. The van der Waals surface area contributed by atoms with Crippen LogP contribution < -0.4 is 14.8 Å². The molecule has 1 aliphatic heterocycles. The molecular weight excluding hydrogens is 266 g/mol. The molecule has 0 unspecified atom stereocenters. The minimum Gasteiger partial charge on any atom is -0.493 e. The first kappa shape index (κ1) is 14.1. The van der Waals surface area contributed by atoms with Gasteiger partial charge in [-0.25, -0.2) is 8.42 Å². The molecule has 0 aromatic heterocycles. The Balaban J connectivity index is 1.82. The number of rotatable bonds is 7. The molecule has 5 nitrogen and oxygen atoms in total. The molecule has 2 rings (SSSR count). The largest absolute Gasteiger partial charge is 0.493 e. The van der Waals surface area contributed by atoms with Crippen LogP contribution in [0, 0.1) is 5.92 Å². The zero-order valence-corrected chi connectivity index (χ0v) is 11.8. The molecule has 1 aromatic rings. The Labute approximate surface area is 113 Å². The van der Waals surface area contributed by atoms with Gasteiger partial charge in [0, 0.05) is 13.1 Å². The number of hydrogen-bond acceptors (Lipinski definition) is 5. The predicted molar refractivity (Wildman–Crippen MR) is 73.5 cm³/mol. The summed E-state index contributed by atoms with van der Waals surface area (Å²) in [6.45, 7) is 1.75. The first-order valence-corrected chi connectivity index (χ1v) is 8.10. The van der Waals surface area contributed by atoms with E-state index in [1.807, 2.05) is 12.1 Å². The predicted octanol–water partition coefficient (Wildman–Crippen LogP) is 0.708. The fourth-order valence-corrected chi connectivity index (χ4v) is 3.38. The molecular formula is C13H19NO4S. The summed E-state index contributed by atoms with van der Waals surface area (Å²) in [4.78, 5) is 0. The molecule has 0 saturated carbocycles. The topological polar surface area (TPSA) is 64.6 Å². The molecule has 0 bridgehead atoms. The van der Waals surface area contributed by atoms with Crippen molar-refractivity contribution in [3.05, 3.63) is 24.3 Å². The Bertz CT molecular complexity index is 511. The highest BCUT2D eigenvalue weighted by Gasteiger charge is 2.24. The zero-order valence-electron chi connectivity index (χ0n) is 11.0. The number of nitrogens with one attached hydrogen (secondary N) is 1. The van der Waals surface area contributed by atoms with Gasteiger partial charge < -0.3 is 14.8 Å². The van der Waals surface area contributed by atoms with Crippen LogP contribution in [0.25, 0.3) is 0 Å². The van der Waals surface area contributed by atoms with Crippen LogP contribution in [0.5, 0.6) is 11.5 Å². The van der Waals surface area contributed by atoms with E-state index >= 15 is 0 Å². The molecule has 106 valence electrons. The Morgan fingerprint density at radius 1 is 1.26 bits per heavy atom. The van der Waals surface area contributed by atoms with Crippen molar-refractivity contribution >= 4 is 9.84 Å². The van der Waals surface area contributed by atoms with E-state index in [2.05, 4.69) is 5.32 Å². The second kappa shape index (κ2) is 6.25. The summed E-state index contributed by atoms with van der Waals surface area (Å²) >= 11 is 0.